The Labute approximate surface area is 122 Å². The summed E-state index contributed by atoms with van der Waals surface area (Å²) in [6, 6.07) is 7.65. The fourth-order valence-corrected chi connectivity index (χ4v) is 1.90. The molecule has 2 rings (SSSR count). The van der Waals surface area contributed by atoms with Gasteiger partial charge < -0.3 is 16.0 Å². The molecule has 0 aliphatic heterocycles. The molecule has 4 N–H and O–H groups in total. The Hall–Kier alpha value is -2.48. The van der Waals surface area contributed by atoms with Gasteiger partial charge in [0.2, 0.25) is 0 Å². The third-order valence-corrected chi connectivity index (χ3v) is 2.95. The number of anilines is 1. The number of carbonyl (C=O) groups excluding carboxylic acids is 1. The van der Waals surface area contributed by atoms with Gasteiger partial charge in [-0.15, -0.1) is 10.2 Å². The van der Waals surface area contributed by atoms with E-state index in [1.54, 1.807) is 0 Å². The van der Waals surface area contributed by atoms with Crippen molar-refractivity contribution >= 4 is 11.7 Å². The van der Waals surface area contributed by atoms with Crippen molar-refractivity contribution in [3.8, 4) is 0 Å². The number of aromatic amines is 1. The average Bonchev–Trinajstić information content (AvgIpc) is 2.99. The van der Waals surface area contributed by atoms with Gasteiger partial charge in [0.05, 0.1) is 6.54 Å². The number of H-pyrrole nitrogens is 1. The van der Waals surface area contributed by atoms with Crippen LogP contribution >= 0.6 is 0 Å². The minimum atomic E-state index is -0.312. The van der Waals surface area contributed by atoms with Gasteiger partial charge in [-0.05, 0) is 31.2 Å². The summed E-state index contributed by atoms with van der Waals surface area (Å²) < 4.78 is 0. The maximum Gasteiger partial charge on any atom is 0.319 e. The van der Waals surface area contributed by atoms with Crippen LogP contribution in [0.3, 0.4) is 0 Å². The highest BCUT2D eigenvalue weighted by Crippen LogP contribution is 2.17. The molecule has 0 aliphatic rings. The standard InChI is InChI=1S/C13H19N7O/c1-3-14-9(2)10-5-4-6-11(7-10)16-13(21)15-8-12-17-19-20-18-12/h4-7,9,14H,3,8H2,1-2H3,(H2,15,16,21)(H,17,18,19,20). The van der Waals surface area contributed by atoms with Crippen LogP contribution in [0.2, 0.25) is 0 Å². The first-order chi connectivity index (χ1) is 10.2. The van der Waals surface area contributed by atoms with Gasteiger partial charge in [-0.25, -0.2) is 4.79 Å². The van der Waals surface area contributed by atoms with Crippen molar-refractivity contribution < 1.29 is 4.79 Å². The number of benzene rings is 1. The zero-order valence-corrected chi connectivity index (χ0v) is 12.1. The number of nitrogens with one attached hydrogen (secondary N) is 4. The predicted octanol–water partition coefficient (Wildman–Crippen LogP) is 1.19. The number of hydrogen-bond acceptors (Lipinski definition) is 5. The van der Waals surface area contributed by atoms with E-state index in [9.17, 15) is 4.79 Å². The Morgan fingerprint density at radius 1 is 1.43 bits per heavy atom. The first kappa shape index (κ1) is 14.9. The highest BCUT2D eigenvalue weighted by Gasteiger charge is 2.07. The third-order valence-electron chi connectivity index (χ3n) is 2.95. The maximum absolute atomic E-state index is 11.8. The molecule has 0 saturated carbocycles. The maximum atomic E-state index is 11.8. The minimum Gasteiger partial charge on any atom is -0.330 e. The summed E-state index contributed by atoms with van der Waals surface area (Å²) in [5.41, 5.74) is 1.86. The summed E-state index contributed by atoms with van der Waals surface area (Å²) in [6.07, 6.45) is 0. The molecule has 1 aromatic carbocycles. The summed E-state index contributed by atoms with van der Waals surface area (Å²) in [7, 11) is 0. The van der Waals surface area contributed by atoms with Crippen LogP contribution in [0.4, 0.5) is 10.5 Å². The average molecular weight is 289 g/mol. The van der Waals surface area contributed by atoms with Crippen molar-refractivity contribution in [2.75, 3.05) is 11.9 Å². The van der Waals surface area contributed by atoms with E-state index in [4.69, 9.17) is 0 Å². The van der Waals surface area contributed by atoms with Gasteiger partial charge in [0.1, 0.15) is 0 Å². The highest BCUT2D eigenvalue weighted by atomic mass is 16.2. The van der Waals surface area contributed by atoms with Crippen LogP contribution in [0, 0.1) is 0 Å². The highest BCUT2D eigenvalue weighted by molar-refractivity contribution is 5.89. The molecule has 112 valence electrons. The Kier molecular flexibility index (Phi) is 5.22. The molecule has 0 fully saturated rings. The zero-order valence-electron chi connectivity index (χ0n) is 12.1. The van der Waals surface area contributed by atoms with E-state index in [1.165, 1.54) is 0 Å². The molecule has 0 radical (unpaired) electrons. The molecule has 2 amide bonds. The van der Waals surface area contributed by atoms with Crippen molar-refractivity contribution in [1.29, 1.82) is 0 Å². The summed E-state index contributed by atoms with van der Waals surface area (Å²) in [5.74, 6) is 0.430. The minimum absolute atomic E-state index is 0.218. The largest absolute Gasteiger partial charge is 0.330 e. The van der Waals surface area contributed by atoms with Gasteiger partial charge in [-0.3, -0.25) is 0 Å². The molecule has 0 saturated heterocycles. The number of nitrogens with zero attached hydrogens (tertiary/aromatic N) is 3. The lowest BCUT2D eigenvalue weighted by Gasteiger charge is -2.14. The number of carbonyl (C=O) groups is 1. The SMILES string of the molecule is CCNC(C)c1cccc(NC(=O)NCc2nn[nH]n2)c1. The summed E-state index contributed by atoms with van der Waals surface area (Å²) in [6.45, 7) is 5.25. The number of aromatic nitrogens is 4. The molecule has 1 unspecified atom stereocenters. The quantitative estimate of drug-likeness (QED) is 0.639. The van der Waals surface area contributed by atoms with Crippen molar-refractivity contribution in [3.05, 3.63) is 35.7 Å². The normalized spacial score (nSPS) is 11.9. The lowest BCUT2D eigenvalue weighted by atomic mass is 10.1. The Morgan fingerprint density at radius 3 is 3.00 bits per heavy atom. The smallest absolute Gasteiger partial charge is 0.319 e. The van der Waals surface area contributed by atoms with Crippen LogP contribution in [0.1, 0.15) is 31.3 Å². The van der Waals surface area contributed by atoms with Gasteiger partial charge in [0.25, 0.3) is 0 Å². The Morgan fingerprint density at radius 2 is 2.29 bits per heavy atom. The van der Waals surface area contributed by atoms with Gasteiger partial charge >= 0.3 is 6.03 Å². The fraction of sp³-hybridized carbons (Fsp3) is 0.385. The van der Waals surface area contributed by atoms with E-state index in [0.717, 1.165) is 17.8 Å². The first-order valence-electron chi connectivity index (χ1n) is 6.79. The molecule has 1 aromatic heterocycles. The molecule has 21 heavy (non-hydrogen) atoms. The van der Waals surface area contributed by atoms with E-state index in [-0.39, 0.29) is 18.6 Å². The monoisotopic (exact) mass is 289 g/mol. The van der Waals surface area contributed by atoms with Crippen molar-refractivity contribution in [2.45, 2.75) is 26.4 Å². The number of tetrazole rings is 1. The molecule has 8 heteroatoms. The summed E-state index contributed by atoms with van der Waals surface area (Å²) >= 11 is 0. The zero-order chi connectivity index (χ0) is 15.1. The van der Waals surface area contributed by atoms with Crippen molar-refractivity contribution in [1.82, 2.24) is 31.3 Å². The van der Waals surface area contributed by atoms with Crippen LogP contribution in [0.5, 0.6) is 0 Å². The van der Waals surface area contributed by atoms with E-state index >= 15 is 0 Å². The second-order valence-corrected chi connectivity index (χ2v) is 4.54. The third kappa shape index (κ3) is 4.53. The molecule has 2 aromatic rings. The van der Waals surface area contributed by atoms with Crippen LogP contribution in [-0.4, -0.2) is 33.2 Å². The van der Waals surface area contributed by atoms with Gasteiger partial charge in [-0.1, -0.05) is 24.3 Å². The van der Waals surface area contributed by atoms with Crippen LogP contribution in [-0.2, 0) is 6.54 Å². The lowest BCUT2D eigenvalue weighted by molar-refractivity contribution is 0.251. The van der Waals surface area contributed by atoms with Gasteiger partial charge in [0, 0.05) is 11.7 Å². The lowest BCUT2D eigenvalue weighted by Crippen LogP contribution is -2.28. The molecule has 0 bridgehead atoms. The Balaban J connectivity index is 1.89. The van der Waals surface area contributed by atoms with E-state index in [0.29, 0.717) is 5.82 Å². The number of amides is 2. The van der Waals surface area contributed by atoms with Gasteiger partial charge in [-0.2, -0.15) is 5.21 Å². The number of urea groups is 1. The van der Waals surface area contributed by atoms with Crippen LogP contribution < -0.4 is 16.0 Å². The molecule has 0 spiro atoms. The van der Waals surface area contributed by atoms with Crippen molar-refractivity contribution in [2.24, 2.45) is 0 Å². The van der Waals surface area contributed by atoms with Crippen molar-refractivity contribution in [3.63, 3.8) is 0 Å². The molecule has 1 heterocycles. The predicted molar refractivity (Wildman–Crippen MR) is 78.6 cm³/mol. The second kappa shape index (κ2) is 7.34. The van der Waals surface area contributed by atoms with E-state index in [1.807, 2.05) is 24.3 Å². The van der Waals surface area contributed by atoms with Crippen LogP contribution in [0.15, 0.2) is 24.3 Å². The number of rotatable bonds is 6. The molecule has 1 atom stereocenters. The molecular weight excluding hydrogens is 270 g/mol. The number of hydrogen-bond donors (Lipinski definition) is 4. The summed E-state index contributed by atoms with van der Waals surface area (Å²) in [4.78, 5) is 11.8. The molecule has 0 aliphatic carbocycles. The topological polar surface area (TPSA) is 108 Å². The van der Waals surface area contributed by atoms with Crippen LogP contribution in [0.25, 0.3) is 0 Å². The molecule has 8 nitrogen and oxygen atoms in total. The molecular formula is C13H19N7O. The first-order valence-corrected chi connectivity index (χ1v) is 6.79. The second-order valence-electron chi connectivity index (χ2n) is 4.54. The van der Waals surface area contributed by atoms with Gasteiger partial charge in [0.15, 0.2) is 5.82 Å². The van der Waals surface area contributed by atoms with E-state index in [2.05, 4.69) is 50.4 Å². The Bertz CT molecular complexity index is 570. The fourth-order valence-electron chi connectivity index (χ4n) is 1.90. The summed E-state index contributed by atoms with van der Waals surface area (Å²) in [5, 5.41) is 22.0. The van der Waals surface area contributed by atoms with E-state index < -0.39 is 0 Å².